The fourth-order valence-electron chi connectivity index (χ4n) is 3.25. The molecule has 28 heavy (non-hydrogen) atoms. The maximum Gasteiger partial charge on any atom is 0.277 e. The van der Waals surface area contributed by atoms with Crippen molar-refractivity contribution in [2.24, 2.45) is 0 Å². The Morgan fingerprint density at radius 3 is 2.71 bits per heavy atom. The lowest BCUT2D eigenvalue weighted by atomic mass is 10.1. The van der Waals surface area contributed by atoms with Gasteiger partial charge in [0, 0.05) is 18.5 Å². The predicted molar refractivity (Wildman–Crippen MR) is 103 cm³/mol. The molecule has 2 aromatic carbocycles. The van der Waals surface area contributed by atoms with E-state index in [1.807, 2.05) is 18.2 Å². The molecule has 0 aliphatic carbocycles. The smallest absolute Gasteiger partial charge is 0.277 e. The molecular weight excluding hydrogens is 360 g/mol. The van der Waals surface area contributed by atoms with Crippen molar-refractivity contribution in [3.63, 3.8) is 0 Å². The number of methoxy groups -OCH3 is 2. The van der Waals surface area contributed by atoms with Crippen LogP contribution in [0.5, 0.6) is 11.5 Å². The number of hydrogen-bond acceptors (Lipinski definition) is 6. The highest BCUT2D eigenvalue weighted by Gasteiger charge is 2.20. The second-order valence-corrected chi connectivity index (χ2v) is 6.60. The van der Waals surface area contributed by atoms with Crippen LogP contribution < -0.4 is 9.47 Å². The minimum absolute atomic E-state index is 0.153. The van der Waals surface area contributed by atoms with Gasteiger partial charge in [0.05, 0.1) is 20.8 Å². The fourth-order valence-corrected chi connectivity index (χ4v) is 3.25. The molecule has 1 aliphatic rings. The third-order valence-electron chi connectivity index (χ3n) is 4.71. The molecule has 1 aliphatic heterocycles. The van der Waals surface area contributed by atoms with Crippen LogP contribution in [-0.2, 0) is 11.3 Å². The van der Waals surface area contributed by atoms with E-state index in [9.17, 15) is 4.79 Å². The molecule has 146 valence electrons. The highest BCUT2D eigenvalue weighted by atomic mass is 16.7. The number of carbonyl (C=O) groups excluding carboxylic acids is 1. The topological polar surface area (TPSA) is 74.0 Å². The zero-order valence-corrected chi connectivity index (χ0v) is 15.9. The minimum Gasteiger partial charge on any atom is -0.493 e. The molecule has 4 rings (SSSR count). The van der Waals surface area contributed by atoms with Gasteiger partial charge in [-0.15, -0.1) is 0 Å². The number of amides is 1. The van der Waals surface area contributed by atoms with Crippen LogP contribution in [0.1, 0.15) is 34.7 Å². The first-order chi connectivity index (χ1) is 13.7. The zero-order chi connectivity index (χ0) is 19.5. The van der Waals surface area contributed by atoms with Crippen molar-refractivity contribution >= 4 is 17.0 Å². The van der Waals surface area contributed by atoms with Gasteiger partial charge >= 0.3 is 0 Å². The van der Waals surface area contributed by atoms with Crippen molar-refractivity contribution in [1.82, 2.24) is 10.0 Å². The average molecular weight is 382 g/mol. The van der Waals surface area contributed by atoms with Gasteiger partial charge in [-0.3, -0.25) is 9.63 Å². The Bertz CT molecular complexity index is 992. The van der Waals surface area contributed by atoms with Crippen LogP contribution in [0.4, 0.5) is 0 Å². The highest BCUT2D eigenvalue weighted by molar-refractivity contribution is 5.96. The molecule has 0 N–H and O–H groups in total. The Morgan fingerprint density at radius 1 is 1.11 bits per heavy atom. The quantitative estimate of drug-likeness (QED) is 0.671. The van der Waals surface area contributed by atoms with E-state index in [0.29, 0.717) is 53.6 Å². The number of rotatable bonds is 5. The van der Waals surface area contributed by atoms with Gasteiger partial charge in [-0.1, -0.05) is 6.07 Å². The van der Waals surface area contributed by atoms with Crippen molar-refractivity contribution in [1.29, 1.82) is 0 Å². The van der Waals surface area contributed by atoms with Crippen LogP contribution in [0, 0.1) is 0 Å². The van der Waals surface area contributed by atoms with E-state index >= 15 is 0 Å². The van der Waals surface area contributed by atoms with Crippen LogP contribution in [0.3, 0.4) is 0 Å². The van der Waals surface area contributed by atoms with Crippen molar-refractivity contribution in [3.8, 4) is 11.5 Å². The monoisotopic (exact) mass is 382 g/mol. The molecule has 7 heteroatoms. The summed E-state index contributed by atoms with van der Waals surface area (Å²) in [6.45, 7) is 1.18. The number of nitrogens with zero attached hydrogens (tertiary/aromatic N) is 2. The van der Waals surface area contributed by atoms with E-state index in [1.54, 1.807) is 32.4 Å². The number of benzene rings is 2. The van der Waals surface area contributed by atoms with Crippen LogP contribution in [-0.4, -0.2) is 43.3 Å². The summed E-state index contributed by atoms with van der Waals surface area (Å²) in [5.74, 6) is 1.75. The Labute approximate surface area is 162 Å². The van der Waals surface area contributed by atoms with Crippen LogP contribution >= 0.6 is 0 Å². The molecule has 1 saturated heterocycles. The summed E-state index contributed by atoms with van der Waals surface area (Å²) in [5.41, 5.74) is 2.82. The largest absolute Gasteiger partial charge is 0.493 e. The average Bonchev–Trinajstić information content (AvgIpc) is 3.15. The SMILES string of the molecule is COc1ccc(Cc2nc3ccc(C(=O)N4CCCCO4)cc3o2)cc1OC. The first kappa shape index (κ1) is 18.3. The molecule has 3 aromatic rings. The molecule has 1 amide bonds. The second kappa shape index (κ2) is 7.90. The van der Waals surface area contributed by atoms with Crippen LogP contribution in [0.25, 0.3) is 11.1 Å². The minimum atomic E-state index is -0.153. The molecule has 0 saturated carbocycles. The number of oxazole rings is 1. The summed E-state index contributed by atoms with van der Waals surface area (Å²) < 4.78 is 16.5. The van der Waals surface area contributed by atoms with Gasteiger partial charge in [0.2, 0.25) is 0 Å². The summed E-state index contributed by atoms with van der Waals surface area (Å²) >= 11 is 0. The Hall–Kier alpha value is -3.06. The van der Waals surface area contributed by atoms with E-state index in [2.05, 4.69) is 4.98 Å². The van der Waals surface area contributed by atoms with Gasteiger partial charge in [0.25, 0.3) is 5.91 Å². The van der Waals surface area contributed by atoms with Crippen LogP contribution in [0.2, 0.25) is 0 Å². The van der Waals surface area contributed by atoms with Crippen molar-refractivity contribution < 1.29 is 23.5 Å². The third kappa shape index (κ3) is 3.66. The summed E-state index contributed by atoms with van der Waals surface area (Å²) in [7, 11) is 3.21. The molecule has 0 atom stereocenters. The van der Waals surface area contributed by atoms with Crippen molar-refractivity contribution in [3.05, 3.63) is 53.4 Å². The summed E-state index contributed by atoms with van der Waals surface area (Å²) in [4.78, 5) is 22.6. The molecule has 0 spiro atoms. The summed E-state index contributed by atoms with van der Waals surface area (Å²) in [6, 6.07) is 11.0. The molecule has 1 aromatic heterocycles. The first-order valence-corrected chi connectivity index (χ1v) is 9.23. The van der Waals surface area contributed by atoms with Gasteiger partial charge in [0.1, 0.15) is 5.52 Å². The summed E-state index contributed by atoms with van der Waals surface area (Å²) in [5, 5.41) is 1.42. The van der Waals surface area contributed by atoms with E-state index in [4.69, 9.17) is 18.7 Å². The van der Waals surface area contributed by atoms with E-state index < -0.39 is 0 Å². The first-order valence-electron chi connectivity index (χ1n) is 9.23. The highest BCUT2D eigenvalue weighted by Crippen LogP contribution is 2.29. The molecule has 0 bridgehead atoms. The number of hydroxylamine groups is 2. The molecular formula is C21H22N2O5. The molecule has 0 radical (unpaired) electrons. The Balaban J connectivity index is 1.55. The lowest BCUT2D eigenvalue weighted by Crippen LogP contribution is -2.35. The number of ether oxygens (including phenoxy) is 2. The molecule has 1 fully saturated rings. The zero-order valence-electron chi connectivity index (χ0n) is 15.9. The Kier molecular flexibility index (Phi) is 5.16. The summed E-state index contributed by atoms with van der Waals surface area (Å²) in [6.07, 6.45) is 2.43. The van der Waals surface area contributed by atoms with Gasteiger partial charge in [-0.2, -0.15) is 0 Å². The molecule has 2 heterocycles. The van der Waals surface area contributed by atoms with Gasteiger partial charge in [0.15, 0.2) is 23.0 Å². The lowest BCUT2D eigenvalue weighted by Gasteiger charge is -2.25. The lowest BCUT2D eigenvalue weighted by molar-refractivity contribution is -0.144. The fraction of sp³-hybridized carbons (Fsp3) is 0.333. The molecule has 7 nitrogen and oxygen atoms in total. The van der Waals surface area contributed by atoms with Crippen molar-refractivity contribution in [2.75, 3.05) is 27.4 Å². The maximum atomic E-state index is 12.6. The second-order valence-electron chi connectivity index (χ2n) is 6.60. The normalized spacial score (nSPS) is 14.3. The van der Waals surface area contributed by atoms with Gasteiger partial charge in [-0.05, 0) is 48.7 Å². The van der Waals surface area contributed by atoms with Crippen LogP contribution in [0.15, 0.2) is 40.8 Å². The number of carbonyl (C=O) groups is 1. The number of hydrogen-bond donors (Lipinski definition) is 0. The van der Waals surface area contributed by atoms with E-state index in [-0.39, 0.29) is 5.91 Å². The standard InChI is InChI=1S/C21H22N2O5/c1-25-17-8-5-14(11-19(17)26-2)12-20-22-16-7-6-15(13-18(16)28-20)21(24)23-9-3-4-10-27-23/h5-8,11,13H,3-4,9-10,12H2,1-2H3. The maximum absolute atomic E-state index is 12.6. The van der Waals surface area contributed by atoms with Gasteiger partial charge in [-0.25, -0.2) is 10.0 Å². The van der Waals surface area contributed by atoms with E-state index in [1.165, 1.54) is 5.06 Å². The predicted octanol–water partition coefficient (Wildman–Crippen LogP) is 3.60. The van der Waals surface area contributed by atoms with Gasteiger partial charge < -0.3 is 13.9 Å². The van der Waals surface area contributed by atoms with E-state index in [0.717, 1.165) is 18.4 Å². The van der Waals surface area contributed by atoms with Crippen molar-refractivity contribution in [2.45, 2.75) is 19.3 Å². The Morgan fingerprint density at radius 2 is 1.96 bits per heavy atom. The molecule has 0 unspecified atom stereocenters. The number of aromatic nitrogens is 1. The third-order valence-corrected chi connectivity index (χ3v) is 4.71. The number of fused-ring (bicyclic) bond motifs is 1.